The van der Waals surface area contributed by atoms with Crippen molar-refractivity contribution < 1.29 is 24.5 Å². The molecule has 5 nitrogen and oxygen atoms in total. The van der Waals surface area contributed by atoms with Gasteiger partial charge in [-0.3, -0.25) is 0 Å². The topological polar surface area (TPSA) is 79.3 Å². The number of esters is 1. The van der Waals surface area contributed by atoms with Gasteiger partial charge in [0.05, 0.1) is 22.9 Å². The molecule has 32 heavy (non-hydrogen) atoms. The van der Waals surface area contributed by atoms with Gasteiger partial charge in [0.15, 0.2) is 0 Å². The maximum absolute atomic E-state index is 13.0. The SMILES string of the molecule is CC1=C2Cc3cc(ccc3O)C(=O)O[C@H](C(C)(C)O)CC[C@]3(C)O[C@H]3C/C=C(\C)[C@@H]2CC1. The molecule has 4 rings (SSSR count). The second-order valence-electron chi connectivity index (χ2n) is 10.6. The highest BCUT2D eigenvalue weighted by atomic mass is 16.6. The van der Waals surface area contributed by atoms with Gasteiger partial charge in [0.2, 0.25) is 0 Å². The van der Waals surface area contributed by atoms with E-state index in [4.69, 9.17) is 9.47 Å². The number of aliphatic hydroxyl groups is 1. The quantitative estimate of drug-likeness (QED) is 0.354. The number of carbonyl (C=O) groups excluding carboxylic acids is 1. The van der Waals surface area contributed by atoms with Gasteiger partial charge in [-0.25, -0.2) is 4.79 Å². The summed E-state index contributed by atoms with van der Waals surface area (Å²) in [7, 11) is 0. The molecule has 1 aromatic rings. The zero-order valence-electron chi connectivity index (χ0n) is 19.9. The van der Waals surface area contributed by atoms with E-state index in [1.807, 2.05) is 0 Å². The molecule has 0 unspecified atom stereocenters. The van der Waals surface area contributed by atoms with E-state index in [0.717, 1.165) is 24.8 Å². The van der Waals surface area contributed by atoms with E-state index in [2.05, 4.69) is 26.8 Å². The van der Waals surface area contributed by atoms with Crippen molar-refractivity contribution in [2.75, 3.05) is 0 Å². The monoisotopic (exact) mass is 440 g/mol. The van der Waals surface area contributed by atoms with Crippen LogP contribution in [0.2, 0.25) is 0 Å². The van der Waals surface area contributed by atoms with Crippen LogP contribution in [0.1, 0.15) is 82.6 Å². The Balaban J connectivity index is 1.71. The highest BCUT2D eigenvalue weighted by Crippen LogP contribution is 2.45. The molecule has 2 heterocycles. The number of phenolic OH excluding ortho intramolecular Hbond substituents is 1. The average Bonchev–Trinajstić information content (AvgIpc) is 3.23. The number of allylic oxidation sites excluding steroid dienone is 3. The van der Waals surface area contributed by atoms with Crippen LogP contribution in [0.5, 0.6) is 5.75 Å². The molecule has 2 bridgehead atoms. The van der Waals surface area contributed by atoms with Gasteiger partial charge in [-0.15, -0.1) is 0 Å². The second-order valence-corrected chi connectivity index (χ2v) is 10.6. The number of hydrogen-bond acceptors (Lipinski definition) is 5. The smallest absolute Gasteiger partial charge is 0.338 e. The van der Waals surface area contributed by atoms with E-state index in [1.54, 1.807) is 32.0 Å². The first kappa shape index (κ1) is 23.1. The average molecular weight is 441 g/mol. The van der Waals surface area contributed by atoms with Crippen molar-refractivity contribution in [2.24, 2.45) is 5.92 Å². The highest BCUT2D eigenvalue weighted by molar-refractivity contribution is 5.90. The molecule has 0 spiro atoms. The molecule has 4 atom stereocenters. The second kappa shape index (κ2) is 8.35. The van der Waals surface area contributed by atoms with Gasteiger partial charge in [0.1, 0.15) is 11.9 Å². The molecule has 174 valence electrons. The number of aromatic hydroxyl groups is 1. The molecule has 1 fully saturated rings. The van der Waals surface area contributed by atoms with Gasteiger partial charge in [0, 0.05) is 5.92 Å². The van der Waals surface area contributed by atoms with Crippen LogP contribution in [-0.4, -0.2) is 39.6 Å². The summed E-state index contributed by atoms with van der Waals surface area (Å²) < 4.78 is 11.8. The molecule has 1 aromatic carbocycles. The fourth-order valence-corrected chi connectivity index (χ4v) is 5.24. The molecule has 0 radical (unpaired) electrons. The summed E-state index contributed by atoms with van der Waals surface area (Å²) in [5.74, 6) is 0.0764. The van der Waals surface area contributed by atoms with Crippen LogP contribution in [0.25, 0.3) is 0 Å². The van der Waals surface area contributed by atoms with Crippen molar-refractivity contribution in [3.63, 3.8) is 0 Å². The standard InChI is InChI=1S/C27H36O5/c1-16-7-11-24-27(5,32-24)13-12-23(26(3,4)30)31-25(29)18-8-10-22(28)19(14-18)15-21-17(2)6-9-20(16)21/h7-8,10,14,20,23-24,28,30H,6,9,11-13,15H2,1-5H3/b16-7+/t20-,23-,24-,27-/m0/s1. The number of rotatable bonds is 1. The van der Waals surface area contributed by atoms with Crippen LogP contribution in [0.3, 0.4) is 0 Å². The van der Waals surface area contributed by atoms with Crippen LogP contribution >= 0.6 is 0 Å². The van der Waals surface area contributed by atoms with E-state index in [1.165, 1.54) is 16.7 Å². The van der Waals surface area contributed by atoms with Gasteiger partial charge in [-0.05, 0) is 96.9 Å². The Kier molecular flexibility index (Phi) is 6.01. The summed E-state index contributed by atoms with van der Waals surface area (Å²) in [5, 5.41) is 21.2. The fraction of sp³-hybridized carbons (Fsp3) is 0.593. The van der Waals surface area contributed by atoms with Gasteiger partial charge >= 0.3 is 5.97 Å². The lowest BCUT2D eigenvalue weighted by atomic mass is 9.86. The zero-order valence-corrected chi connectivity index (χ0v) is 19.9. The van der Waals surface area contributed by atoms with Crippen molar-refractivity contribution in [2.45, 2.75) is 96.6 Å². The fourth-order valence-electron chi connectivity index (χ4n) is 5.24. The minimum Gasteiger partial charge on any atom is -0.508 e. The molecule has 0 saturated carbocycles. The number of carbonyl (C=O) groups is 1. The number of epoxide rings is 1. The van der Waals surface area contributed by atoms with E-state index in [0.29, 0.717) is 30.7 Å². The van der Waals surface area contributed by atoms with Gasteiger partial charge in [-0.1, -0.05) is 22.8 Å². The number of benzene rings is 1. The Labute approximate surface area is 191 Å². The summed E-state index contributed by atoms with van der Waals surface area (Å²) in [6.07, 6.45) is 6.65. The number of cyclic esters (lactones) is 1. The maximum Gasteiger partial charge on any atom is 0.338 e. The highest BCUT2D eigenvalue weighted by Gasteiger charge is 2.51. The zero-order chi connectivity index (χ0) is 23.3. The van der Waals surface area contributed by atoms with Crippen LogP contribution in [0, 0.1) is 5.92 Å². The van der Waals surface area contributed by atoms with Crippen molar-refractivity contribution in [3.8, 4) is 5.75 Å². The predicted octanol–water partition coefficient (Wildman–Crippen LogP) is 5.25. The summed E-state index contributed by atoms with van der Waals surface area (Å²) in [6.45, 7) is 9.81. The third-order valence-electron chi connectivity index (χ3n) is 7.65. The molecular formula is C27H36O5. The van der Waals surface area contributed by atoms with Crippen LogP contribution in [0.15, 0.2) is 41.0 Å². The Hall–Kier alpha value is -2.11. The van der Waals surface area contributed by atoms with E-state index in [9.17, 15) is 15.0 Å². The van der Waals surface area contributed by atoms with Gasteiger partial charge in [-0.2, -0.15) is 0 Å². The third-order valence-corrected chi connectivity index (χ3v) is 7.65. The number of fused-ring (bicyclic) bond motifs is 4. The normalized spacial score (nSPS) is 33.1. The number of hydrogen-bond donors (Lipinski definition) is 2. The van der Waals surface area contributed by atoms with Crippen molar-refractivity contribution in [1.82, 2.24) is 0 Å². The molecule has 0 aromatic heterocycles. The summed E-state index contributed by atoms with van der Waals surface area (Å²) >= 11 is 0. The molecular weight excluding hydrogens is 404 g/mol. The lowest BCUT2D eigenvalue weighted by Crippen LogP contribution is -2.40. The van der Waals surface area contributed by atoms with E-state index >= 15 is 0 Å². The van der Waals surface area contributed by atoms with E-state index < -0.39 is 17.7 Å². The Bertz CT molecular complexity index is 967. The first-order valence-electron chi connectivity index (χ1n) is 11.8. The van der Waals surface area contributed by atoms with Gasteiger partial charge < -0.3 is 19.7 Å². The Morgan fingerprint density at radius 3 is 2.66 bits per heavy atom. The van der Waals surface area contributed by atoms with E-state index in [-0.39, 0.29) is 17.5 Å². The number of ether oxygens (including phenoxy) is 2. The summed E-state index contributed by atoms with van der Waals surface area (Å²) in [6, 6.07) is 4.90. The molecule has 5 heteroatoms. The van der Waals surface area contributed by atoms with Crippen molar-refractivity contribution in [1.29, 1.82) is 0 Å². The molecule has 0 amide bonds. The first-order chi connectivity index (χ1) is 15.0. The maximum atomic E-state index is 13.0. The largest absolute Gasteiger partial charge is 0.508 e. The molecule has 2 aliphatic heterocycles. The molecule has 1 saturated heterocycles. The Morgan fingerprint density at radius 1 is 1.19 bits per heavy atom. The third kappa shape index (κ3) is 4.65. The number of phenols is 1. The minimum absolute atomic E-state index is 0.148. The van der Waals surface area contributed by atoms with Crippen LogP contribution in [-0.2, 0) is 15.9 Å². The Morgan fingerprint density at radius 2 is 1.94 bits per heavy atom. The lowest BCUT2D eigenvalue weighted by molar-refractivity contribution is -0.0694. The summed E-state index contributed by atoms with van der Waals surface area (Å²) in [4.78, 5) is 13.0. The van der Waals surface area contributed by atoms with Gasteiger partial charge in [0.25, 0.3) is 0 Å². The summed E-state index contributed by atoms with van der Waals surface area (Å²) in [5.41, 5.74) is 3.76. The van der Waals surface area contributed by atoms with Crippen LogP contribution in [0.4, 0.5) is 0 Å². The minimum atomic E-state index is -1.17. The van der Waals surface area contributed by atoms with Crippen molar-refractivity contribution in [3.05, 3.63) is 52.1 Å². The molecule has 2 N–H and O–H groups in total. The molecule has 3 aliphatic rings. The van der Waals surface area contributed by atoms with Crippen LogP contribution < -0.4 is 0 Å². The molecule has 1 aliphatic carbocycles. The predicted molar refractivity (Wildman–Crippen MR) is 124 cm³/mol. The first-order valence-corrected chi connectivity index (χ1v) is 11.8. The van der Waals surface area contributed by atoms with Crippen molar-refractivity contribution >= 4 is 5.97 Å². The lowest BCUT2D eigenvalue weighted by Gasteiger charge is -2.30.